The van der Waals surface area contributed by atoms with E-state index in [4.69, 9.17) is 15.6 Å². The van der Waals surface area contributed by atoms with Gasteiger partial charge in [-0.2, -0.15) is 0 Å². The van der Waals surface area contributed by atoms with Crippen LogP contribution in [0.4, 0.5) is 0 Å². The summed E-state index contributed by atoms with van der Waals surface area (Å²) in [5.74, 6) is -1.76. The van der Waals surface area contributed by atoms with E-state index in [1.54, 1.807) is 0 Å². The molecule has 16 heavy (non-hydrogen) atoms. The second kappa shape index (κ2) is 3.80. The van der Waals surface area contributed by atoms with Crippen LogP contribution in [0.2, 0.25) is 0 Å². The van der Waals surface area contributed by atoms with E-state index in [2.05, 4.69) is 4.98 Å². The fourth-order valence-corrected chi connectivity index (χ4v) is 1.25. The molecule has 6 nitrogen and oxygen atoms in total. The third-order valence-corrected chi connectivity index (χ3v) is 2.15. The van der Waals surface area contributed by atoms with Gasteiger partial charge < -0.3 is 15.6 Å². The first-order valence-corrected chi connectivity index (χ1v) is 4.77. The summed E-state index contributed by atoms with van der Waals surface area (Å²) in [4.78, 5) is 25.5. The van der Waals surface area contributed by atoms with Gasteiger partial charge in [0, 0.05) is 0 Å². The molecule has 0 atom stereocenters. The molecule has 0 unspecified atom stereocenters. The Balaban J connectivity index is 2.34. The van der Waals surface area contributed by atoms with Crippen LogP contribution in [0.3, 0.4) is 0 Å². The Hall–Kier alpha value is -2.11. The molecule has 1 amide bonds. The number of hydrogen-bond acceptors (Lipinski definition) is 4. The van der Waals surface area contributed by atoms with Crippen LogP contribution < -0.4 is 10.5 Å². The van der Waals surface area contributed by atoms with Gasteiger partial charge in [0.05, 0.1) is 17.9 Å². The minimum absolute atomic E-state index is 0.142. The van der Waals surface area contributed by atoms with E-state index < -0.39 is 11.9 Å². The monoisotopic (exact) mass is 222 g/mol. The molecule has 3 N–H and O–H groups in total. The lowest BCUT2D eigenvalue weighted by molar-refractivity contribution is 0.0690. The van der Waals surface area contributed by atoms with E-state index >= 15 is 0 Å². The van der Waals surface area contributed by atoms with Gasteiger partial charge in [0.2, 0.25) is 0 Å². The predicted octanol–water partition coefficient (Wildman–Crippen LogP) is 0.420. The number of carbonyl (C=O) groups excluding carboxylic acids is 1. The third-order valence-electron chi connectivity index (χ3n) is 2.15. The third kappa shape index (κ3) is 2.10. The van der Waals surface area contributed by atoms with Crippen molar-refractivity contribution in [2.24, 2.45) is 5.73 Å². The largest absolute Gasteiger partial charge is 0.489 e. The van der Waals surface area contributed by atoms with Crippen molar-refractivity contribution in [3.63, 3.8) is 0 Å². The molecular formula is C10H10N2O4. The van der Waals surface area contributed by atoms with Crippen LogP contribution in [0.5, 0.6) is 5.75 Å². The van der Waals surface area contributed by atoms with E-state index in [-0.39, 0.29) is 17.4 Å². The molecule has 1 aliphatic rings. The molecular weight excluding hydrogens is 212 g/mol. The summed E-state index contributed by atoms with van der Waals surface area (Å²) in [6.07, 6.45) is 3.37. The fraction of sp³-hybridized carbons (Fsp3) is 0.300. The highest BCUT2D eigenvalue weighted by atomic mass is 16.5. The zero-order chi connectivity index (χ0) is 11.7. The molecule has 0 bridgehead atoms. The molecule has 0 aliphatic heterocycles. The Morgan fingerprint density at radius 2 is 2.19 bits per heavy atom. The van der Waals surface area contributed by atoms with Gasteiger partial charge in [-0.05, 0) is 18.9 Å². The number of rotatable bonds is 4. The maximum absolute atomic E-state index is 10.9. The molecule has 1 aromatic heterocycles. The van der Waals surface area contributed by atoms with Crippen LogP contribution in [0.1, 0.15) is 33.7 Å². The van der Waals surface area contributed by atoms with E-state index in [1.165, 1.54) is 12.3 Å². The standard InChI is InChI=1S/C10H10N2O4/c11-9(13)8-7(10(14)15)3-6(4-12-8)16-5-1-2-5/h3-5H,1-2H2,(H2,11,13)(H,14,15). The molecule has 1 aliphatic carbocycles. The molecule has 6 heteroatoms. The number of carbonyl (C=O) groups is 2. The van der Waals surface area contributed by atoms with Crippen molar-refractivity contribution in [3.8, 4) is 5.75 Å². The maximum atomic E-state index is 10.9. The summed E-state index contributed by atoms with van der Waals surface area (Å²) in [5, 5.41) is 8.89. The van der Waals surface area contributed by atoms with Crippen LogP contribution in [0, 0.1) is 0 Å². The Labute approximate surface area is 91.0 Å². The van der Waals surface area contributed by atoms with E-state index in [0.29, 0.717) is 5.75 Å². The van der Waals surface area contributed by atoms with Crippen molar-refractivity contribution in [1.82, 2.24) is 4.98 Å². The van der Waals surface area contributed by atoms with Crippen LogP contribution in [-0.4, -0.2) is 28.1 Å². The molecule has 1 fully saturated rings. The van der Waals surface area contributed by atoms with Crippen molar-refractivity contribution in [3.05, 3.63) is 23.5 Å². The van der Waals surface area contributed by atoms with Crippen molar-refractivity contribution in [2.45, 2.75) is 18.9 Å². The first-order valence-electron chi connectivity index (χ1n) is 4.77. The van der Waals surface area contributed by atoms with E-state index in [1.807, 2.05) is 0 Å². The average Bonchev–Trinajstić information content (AvgIpc) is 3.01. The molecule has 1 heterocycles. The molecule has 84 valence electrons. The lowest BCUT2D eigenvalue weighted by Crippen LogP contribution is -2.18. The summed E-state index contributed by atoms with van der Waals surface area (Å²) in [7, 11) is 0. The number of carboxylic acid groups (broad SMARTS) is 1. The number of ether oxygens (including phenoxy) is 1. The van der Waals surface area contributed by atoms with Gasteiger partial charge in [-0.25, -0.2) is 9.78 Å². The zero-order valence-electron chi connectivity index (χ0n) is 8.34. The smallest absolute Gasteiger partial charge is 0.338 e. The van der Waals surface area contributed by atoms with Crippen LogP contribution in [-0.2, 0) is 0 Å². The van der Waals surface area contributed by atoms with Gasteiger partial charge in [0.15, 0.2) is 0 Å². The Morgan fingerprint density at radius 3 is 2.69 bits per heavy atom. The first-order chi connectivity index (χ1) is 7.58. The van der Waals surface area contributed by atoms with Crippen molar-refractivity contribution >= 4 is 11.9 Å². The fourth-order valence-electron chi connectivity index (χ4n) is 1.25. The van der Waals surface area contributed by atoms with E-state index in [0.717, 1.165) is 12.8 Å². The Bertz CT molecular complexity index is 454. The highest BCUT2D eigenvalue weighted by Crippen LogP contribution is 2.27. The lowest BCUT2D eigenvalue weighted by atomic mass is 10.2. The van der Waals surface area contributed by atoms with Crippen molar-refractivity contribution < 1.29 is 19.4 Å². The first kappa shape index (κ1) is 10.4. The molecule has 0 radical (unpaired) electrons. The molecule has 1 aromatic rings. The molecule has 2 rings (SSSR count). The van der Waals surface area contributed by atoms with Crippen LogP contribution in [0.15, 0.2) is 12.3 Å². The van der Waals surface area contributed by atoms with Crippen molar-refractivity contribution in [2.75, 3.05) is 0 Å². The quantitative estimate of drug-likeness (QED) is 0.768. The van der Waals surface area contributed by atoms with E-state index in [9.17, 15) is 9.59 Å². The van der Waals surface area contributed by atoms with Gasteiger partial charge in [-0.3, -0.25) is 4.79 Å². The summed E-state index contributed by atoms with van der Waals surface area (Å²) in [5.41, 5.74) is 4.53. The normalized spacial score (nSPS) is 14.5. The summed E-state index contributed by atoms with van der Waals surface area (Å²) in [6.45, 7) is 0. The number of nitrogens with two attached hydrogens (primary N) is 1. The number of carboxylic acids is 1. The number of nitrogens with zero attached hydrogens (tertiary/aromatic N) is 1. The number of primary amides is 1. The Morgan fingerprint density at radius 1 is 1.50 bits per heavy atom. The summed E-state index contributed by atoms with van der Waals surface area (Å²) in [6, 6.07) is 1.27. The number of aromatic nitrogens is 1. The SMILES string of the molecule is NC(=O)c1ncc(OC2CC2)cc1C(=O)O. The molecule has 1 saturated carbocycles. The Kier molecular flexibility index (Phi) is 2.47. The van der Waals surface area contributed by atoms with Gasteiger partial charge in [-0.15, -0.1) is 0 Å². The number of hydrogen-bond donors (Lipinski definition) is 2. The molecule has 0 spiro atoms. The zero-order valence-corrected chi connectivity index (χ0v) is 8.34. The van der Waals surface area contributed by atoms with Gasteiger partial charge >= 0.3 is 5.97 Å². The summed E-state index contributed by atoms with van der Waals surface area (Å²) >= 11 is 0. The lowest BCUT2D eigenvalue weighted by Gasteiger charge is -2.06. The second-order valence-electron chi connectivity index (χ2n) is 3.55. The maximum Gasteiger partial charge on any atom is 0.338 e. The minimum Gasteiger partial charge on any atom is -0.489 e. The van der Waals surface area contributed by atoms with Crippen LogP contribution >= 0.6 is 0 Å². The highest BCUT2D eigenvalue weighted by Gasteiger charge is 2.25. The summed E-state index contributed by atoms with van der Waals surface area (Å²) < 4.78 is 5.37. The van der Waals surface area contributed by atoms with Gasteiger partial charge in [0.25, 0.3) is 5.91 Å². The number of amides is 1. The minimum atomic E-state index is -1.25. The topological polar surface area (TPSA) is 103 Å². The average molecular weight is 222 g/mol. The number of pyridine rings is 1. The molecule has 0 aromatic carbocycles. The number of aromatic carboxylic acids is 1. The molecule has 0 saturated heterocycles. The second-order valence-corrected chi connectivity index (χ2v) is 3.55. The van der Waals surface area contributed by atoms with Crippen molar-refractivity contribution in [1.29, 1.82) is 0 Å². The van der Waals surface area contributed by atoms with Gasteiger partial charge in [-0.1, -0.05) is 0 Å². The van der Waals surface area contributed by atoms with Crippen LogP contribution in [0.25, 0.3) is 0 Å². The highest BCUT2D eigenvalue weighted by molar-refractivity contribution is 6.02. The predicted molar refractivity (Wildman–Crippen MR) is 53.4 cm³/mol. The van der Waals surface area contributed by atoms with Gasteiger partial charge in [0.1, 0.15) is 11.4 Å².